The zero-order chi connectivity index (χ0) is 12.4. The second-order valence-electron chi connectivity index (χ2n) is 6.04. The Bertz CT molecular complexity index is 402. The van der Waals surface area contributed by atoms with Gasteiger partial charge in [-0.3, -0.25) is 0 Å². The van der Waals surface area contributed by atoms with Crippen LogP contribution >= 0.6 is 11.6 Å². The lowest BCUT2D eigenvalue weighted by molar-refractivity contribution is 0.445. The first-order valence-corrected chi connectivity index (χ1v) is 8.04. The Morgan fingerprint density at radius 2 is 1.61 bits per heavy atom. The van der Waals surface area contributed by atoms with E-state index < -0.39 is 0 Å². The van der Waals surface area contributed by atoms with Crippen molar-refractivity contribution < 1.29 is 0 Å². The number of hydrogen-bond donors (Lipinski definition) is 0. The fourth-order valence-electron chi connectivity index (χ4n) is 3.64. The molecule has 1 fully saturated rings. The Balaban J connectivity index is 1.76. The van der Waals surface area contributed by atoms with Gasteiger partial charge in [-0.05, 0) is 54.7 Å². The SMILES string of the molecule is ClC(c1ccc2c(c1)CCC2)C1CCCCCC1. The molecule has 1 unspecified atom stereocenters. The van der Waals surface area contributed by atoms with Crippen molar-refractivity contribution in [3.8, 4) is 0 Å². The standard InChI is InChI=1S/C17H23Cl/c18-17(14-6-3-1-2-4-7-14)16-11-10-13-8-5-9-15(13)12-16/h10-12,14,17H,1-9H2. The molecule has 1 aromatic carbocycles. The van der Waals surface area contributed by atoms with Crippen LogP contribution in [0.1, 0.15) is 67.0 Å². The first-order chi connectivity index (χ1) is 8.84. The van der Waals surface area contributed by atoms with Crippen LogP contribution in [0, 0.1) is 5.92 Å². The average molecular weight is 263 g/mol. The van der Waals surface area contributed by atoms with E-state index in [0.717, 1.165) is 0 Å². The van der Waals surface area contributed by atoms with Crippen molar-refractivity contribution in [2.75, 3.05) is 0 Å². The maximum atomic E-state index is 6.76. The van der Waals surface area contributed by atoms with Gasteiger partial charge in [0.25, 0.3) is 0 Å². The summed E-state index contributed by atoms with van der Waals surface area (Å²) in [6.45, 7) is 0. The van der Waals surface area contributed by atoms with E-state index in [0.29, 0.717) is 5.92 Å². The third-order valence-electron chi connectivity index (χ3n) is 4.75. The molecule has 0 aromatic heterocycles. The number of fused-ring (bicyclic) bond motifs is 1. The first kappa shape index (κ1) is 12.5. The predicted octanol–water partition coefficient (Wildman–Crippen LogP) is 5.43. The molecule has 0 heterocycles. The average Bonchev–Trinajstić information content (AvgIpc) is 2.69. The molecule has 18 heavy (non-hydrogen) atoms. The molecule has 1 saturated carbocycles. The topological polar surface area (TPSA) is 0 Å². The number of halogens is 1. The van der Waals surface area contributed by atoms with Crippen LogP contribution in [0.15, 0.2) is 18.2 Å². The number of alkyl halides is 1. The van der Waals surface area contributed by atoms with Gasteiger partial charge in [-0.15, -0.1) is 11.6 Å². The lowest BCUT2D eigenvalue weighted by Crippen LogP contribution is -2.07. The molecule has 0 saturated heterocycles. The molecule has 0 radical (unpaired) electrons. The van der Waals surface area contributed by atoms with Crippen molar-refractivity contribution in [1.82, 2.24) is 0 Å². The second-order valence-corrected chi connectivity index (χ2v) is 6.51. The summed E-state index contributed by atoms with van der Waals surface area (Å²) in [6.07, 6.45) is 12.1. The van der Waals surface area contributed by atoms with Crippen molar-refractivity contribution in [3.63, 3.8) is 0 Å². The van der Waals surface area contributed by atoms with E-state index in [1.54, 1.807) is 11.1 Å². The summed E-state index contributed by atoms with van der Waals surface area (Å²) < 4.78 is 0. The quantitative estimate of drug-likeness (QED) is 0.493. The van der Waals surface area contributed by atoms with E-state index >= 15 is 0 Å². The van der Waals surface area contributed by atoms with Crippen LogP contribution in [-0.2, 0) is 12.8 Å². The highest BCUT2D eigenvalue weighted by Gasteiger charge is 2.23. The smallest absolute Gasteiger partial charge is 0.0613 e. The number of benzene rings is 1. The minimum atomic E-state index is 0.244. The van der Waals surface area contributed by atoms with Crippen molar-refractivity contribution in [1.29, 1.82) is 0 Å². The van der Waals surface area contributed by atoms with Gasteiger partial charge in [-0.1, -0.05) is 43.9 Å². The Morgan fingerprint density at radius 1 is 0.889 bits per heavy atom. The summed E-state index contributed by atoms with van der Waals surface area (Å²) in [6, 6.07) is 7.00. The highest BCUT2D eigenvalue weighted by molar-refractivity contribution is 6.21. The van der Waals surface area contributed by atoms with Gasteiger partial charge < -0.3 is 0 Å². The predicted molar refractivity (Wildman–Crippen MR) is 78.3 cm³/mol. The molecule has 0 spiro atoms. The lowest BCUT2D eigenvalue weighted by Gasteiger charge is -2.21. The number of hydrogen-bond acceptors (Lipinski definition) is 0. The molecule has 1 aromatic rings. The molecule has 0 nitrogen and oxygen atoms in total. The molecule has 1 heteroatoms. The lowest BCUT2D eigenvalue weighted by atomic mass is 9.90. The van der Waals surface area contributed by atoms with Crippen molar-refractivity contribution in [2.24, 2.45) is 5.92 Å². The van der Waals surface area contributed by atoms with Crippen LogP contribution < -0.4 is 0 Å². The Morgan fingerprint density at radius 3 is 2.39 bits per heavy atom. The number of rotatable bonds is 2. The molecule has 0 bridgehead atoms. The Labute approximate surface area is 116 Å². The molecule has 3 rings (SSSR count). The normalized spacial score (nSPS) is 22.5. The Hall–Kier alpha value is -0.490. The van der Waals surface area contributed by atoms with Crippen molar-refractivity contribution in [2.45, 2.75) is 63.2 Å². The van der Waals surface area contributed by atoms with E-state index in [1.165, 1.54) is 63.4 Å². The largest absolute Gasteiger partial charge is 0.118 e. The van der Waals surface area contributed by atoms with Gasteiger partial charge in [0.2, 0.25) is 0 Å². The Kier molecular flexibility index (Phi) is 3.94. The van der Waals surface area contributed by atoms with Gasteiger partial charge in [0.1, 0.15) is 0 Å². The molecule has 2 aliphatic carbocycles. The molecule has 0 amide bonds. The molecular weight excluding hydrogens is 240 g/mol. The van der Waals surface area contributed by atoms with E-state index in [2.05, 4.69) is 18.2 Å². The van der Waals surface area contributed by atoms with E-state index in [-0.39, 0.29) is 5.38 Å². The molecule has 2 aliphatic rings. The summed E-state index contributed by atoms with van der Waals surface area (Å²) in [7, 11) is 0. The monoisotopic (exact) mass is 262 g/mol. The van der Waals surface area contributed by atoms with Crippen molar-refractivity contribution in [3.05, 3.63) is 34.9 Å². The van der Waals surface area contributed by atoms with Crippen LogP contribution in [0.25, 0.3) is 0 Å². The highest BCUT2D eigenvalue weighted by atomic mass is 35.5. The molecule has 0 aliphatic heterocycles. The van der Waals surface area contributed by atoms with Crippen LogP contribution in [-0.4, -0.2) is 0 Å². The van der Waals surface area contributed by atoms with Crippen LogP contribution in [0.3, 0.4) is 0 Å². The summed E-state index contributed by atoms with van der Waals surface area (Å²) in [5.74, 6) is 0.702. The number of aryl methyl sites for hydroxylation is 2. The van der Waals surface area contributed by atoms with E-state index in [1.807, 2.05) is 0 Å². The second kappa shape index (κ2) is 5.65. The van der Waals surface area contributed by atoms with Gasteiger partial charge in [-0.25, -0.2) is 0 Å². The van der Waals surface area contributed by atoms with Gasteiger partial charge in [0.05, 0.1) is 5.38 Å². The minimum absolute atomic E-state index is 0.244. The van der Waals surface area contributed by atoms with Crippen LogP contribution in [0.5, 0.6) is 0 Å². The zero-order valence-electron chi connectivity index (χ0n) is 11.1. The summed E-state index contributed by atoms with van der Waals surface area (Å²) >= 11 is 6.76. The highest BCUT2D eigenvalue weighted by Crippen LogP contribution is 2.39. The third-order valence-corrected chi connectivity index (χ3v) is 5.36. The maximum absolute atomic E-state index is 6.76. The molecule has 0 N–H and O–H groups in total. The van der Waals surface area contributed by atoms with Crippen LogP contribution in [0.2, 0.25) is 0 Å². The summed E-state index contributed by atoms with van der Waals surface area (Å²) in [5, 5.41) is 0.244. The molecule has 98 valence electrons. The van der Waals surface area contributed by atoms with Gasteiger partial charge in [-0.2, -0.15) is 0 Å². The molecule has 1 atom stereocenters. The van der Waals surface area contributed by atoms with Crippen molar-refractivity contribution >= 4 is 11.6 Å². The minimum Gasteiger partial charge on any atom is -0.118 e. The first-order valence-electron chi connectivity index (χ1n) is 7.60. The van der Waals surface area contributed by atoms with Gasteiger partial charge in [0.15, 0.2) is 0 Å². The van der Waals surface area contributed by atoms with E-state index in [4.69, 9.17) is 11.6 Å². The summed E-state index contributed by atoms with van der Waals surface area (Å²) in [5.41, 5.74) is 4.50. The van der Waals surface area contributed by atoms with E-state index in [9.17, 15) is 0 Å². The maximum Gasteiger partial charge on any atom is 0.0613 e. The van der Waals surface area contributed by atoms with Gasteiger partial charge >= 0.3 is 0 Å². The zero-order valence-corrected chi connectivity index (χ0v) is 11.9. The third kappa shape index (κ3) is 2.59. The fourth-order valence-corrected chi connectivity index (χ4v) is 4.03. The van der Waals surface area contributed by atoms with Crippen LogP contribution in [0.4, 0.5) is 0 Å². The fraction of sp³-hybridized carbons (Fsp3) is 0.647. The summed E-state index contributed by atoms with van der Waals surface area (Å²) in [4.78, 5) is 0. The van der Waals surface area contributed by atoms with Gasteiger partial charge in [0, 0.05) is 0 Å². The molecular formula is C17H23Cl.